The third-order valence-corrected chi connectivity index (χ3v) is 19.2. The molecule has 11 heterocycles. The van der Waals surface area contributed by atoms with Crippen molar-refractivity contribution in [3.63, 3.8) is 0 Å². The van der Waals surface area contributed by atoms with Gasteiger partial charge in [0.25, 0.3) is 23.6 Å². The molecule has 4 amide bonds. The van der Waals surface area contributed by atoms with Gasteiger partial charge in [0.15, 0.2) is 17.0 Å². The molecule has 4 aliphatic heterocycles. The Balaban J connectivity index is 0.000000152. The van der Waals surface area contributed by atoms with Gasteiger partial charge in [0.2, 0.25) is 0 Å². The SMILES string of the molecule is Brc1cccc(-c2nncn2C2CC2)n1.COC(=O)c1cc2c(cc1-c1cccnc1)C(=O)N(c1cccc(-c3nncn3C3CC3)n1)C2.COC(=O)c1cc2c(cc1-c1cccnc1)C(=O)NC2.COC(=O)c1cc2c(cc1Br)C(=O)NC2.COC(=O)c1cc2c(cc1N)C(=O)NC2.O=NOS(=O)OO[O-].OB(O)c1cccnc1.[Na+]. The van der Waals surface area contributed by atoms with Gasteiger partial charge >= 0.3 is 71.9 Å². The smallest absolute Gasteiger partial charge is 0.691 e. The van der Waals surface area contributed by atoms with E-state index >= 15 is 0 Å². The van der Waals surface area contributed by atoms with Gasteiger partial charge in [-0.05, 0) is 182 Å². The average Bonchev–Trinajstić information content (AvgIpc) is 1.63. The minimum atomic E-state index is -2.53. The number of anilines is 2. The third-order valence-electron chi connectivity index (χ3n) is 17.7. The van der Waals surface area contributed by atoms with Crippen LogP contribution < -0.4 is 66.9 Å². The summed E-state index contributed by atoms with van der Waals surface area (Å²) in [6.07, 6.45) is 17.8. The molecule has 7 aromatic heterocycles. The van der Waals surface area contributed by atoms with E-state index < -0.39 is 42.4 Å². The van der Waals surface area contributed by atoms with Crippen molar-refractivity contribution >= 4 is 115 Å². The number of hydrogen-bond donors (Lipinski definition) is 6. The van der Waals surface area contributed by atoms with E-state index in [1.807, 2.05) is 47.0 Å². The molecule has 1 unspecified atom stereocenters. The molecule has 7 N–H and O–H groups in total. The molecule has 2 fully saturated rings. The molecule has 17 rings (SSSR count). The van der Waals surface area contributed by atoms with Crippen molar-refractivity contribution in [2.75, 3.05) is 39.1 Å². The van der Waals surface area contributed by atoms with E-state index in [1.165, 1.54) is 53.5 Å². The van der Waals surface area contributed by atoms with Crippen LogP contribution in [0.4, 0.5) is 11.5 Å². The van der Waals surface area contributed by atoms with Crippen molar-refractivity contribution < 1.29 is 120 Å². The van der Waals surface area contributed by atoms with Crippen LogP contribution in [0, 0.1) is 4.91 Å². The van der Waals surface area contributed by atoms with Crippen LogP contribution in [-0.2, 0) is 70.1 Å². The molecule has 1 atom stereocenters. The Labute approximate surface area is 705 Å². The maximum absolute atomic E-state index is 13.4. The van der Waals surface area contributed by atoms with Crippen molar-refractivity contribution in [2.24, 2.45) is 5.34 Å². The minimum absolute atomic E-state index is 0. The van der Waals surface area contributed by atoms with E-state index in [4.69, 9.17) is 40.4 Å². The number of benzene rings is 4. The number of pyridine rings is 5. The molecule has 117 heavy (non-hydrogen) atoms. The number of aromatic nitrogens is 11. The molecule has 0 spiro atoms. The summed E-state index contributed by atoms with van der Waals surface area (Å²) in [5.74, 6) is -0.288. The van der Waals surface area contributed by atoms with Crippen molar-refractivity contribution in [1.29, 1.82) is 0 Å². The van der Waals surface area contributed by atoms with Gasteiger partial charge in [-0.25, -0.2) is 33.4 Å². The Morgan fingerprint density at radius 2 is 1.02 bits per heavy atom. The zero-order chi connectivity index (χ0) is 82.7. The van der Waals surface area contributed by atoms with E-state index in [-0.39, 0.29) is 58.9 Å². The number of halogens is 2. The number of carbonyl (C=O) groups excluding carboxylic acids is 8. The Hall–Kier alpha value is -12.2. The molecule has 2 aliphatic carbocycles. The first kappa shape index (κ1) is 87.2. The quantitative estimate of drug-likeness (QED) is 0.0117. The Bertz CT molecular complexity index is 5460. The fourth-order valence-corrected chi connectivity index (χ4v) is 12.9. The number of nitrogens with one attached hydrogen (secondary N) is 3. The van der Waals surface area contributed by atoms with Crippen molar-refractivity contribution in [1.82, 2.24) is 70.4 Å². The summed E-state index contributed by atoms with van der Waals surface area (Å²) in [6.45, 7) is 1.63. The monoisotopic (exact) mass is 1750 g/mol. The summed E-state index contributed by atoms with van der Waals surface area (Å²) >= 11 is 4.06. The van der Waals surface area contributed by atoms with Crippen LogP contribution in [0.25, 0.3) is 45.3 Å². The maximum atomic E-state index is 13.4. The average molecular weight is 1750 g/mol. The number of amides is 4. The Morgan fingerprint density at radius 3 is 1.48 bits per heavy atom. The number of nitrogens with two attached hydrogens (primary N) is 1. The summed E-state index contributed by atoms with van der Waals surface area (Å²) in [6, 6.07) is 36.2. The predicted molar refractivity (Wildman–Crippen MR) is 416 cm³/mol. The maximum Gasteiger partial charge on any atom is 1.00 e. The van der Waals surface area contributed by atoms with Crippen LogP contribution in [0.15, 0.2) is 186 Å². The number of ether oxygens (including phenoxy) is 4. The number of fused-ring (bicyclic) bond motifs is 4. The van der Waals surface area contributed by atoms with E-state index in [2.05, 4.69) is 116 Å². The molecule has 0 saturated heterocycles. The van der Waals surface area contributed by atoms with Gasteiger partial charge in [0, 0.05) is 118 Å². The zero-order valence-corrected chi connectivity index (χ0v) is 68.3. The topological polar surface area (TPSA) is 502 Å². The van der Waals surface area contributed by atoms with Crippen LogP contribution >= 0.6 is 31.9 Å². The molecule has 0 bridgehead atoms. The standard InChI is InChI=1S/C25H20N6O3.C15H12N2O3.C10H9BrN4.C10H8BrNO3.C10H10N2O3.C5H6BNO2.HNO6S.Na/c1-34-25(33)20-10-16-13-30(24(32)19(16)11-18(20)15-4-3-9-26-12-15)22-6-2-5-21(28-22)23-29-27-14-31(23)17-7-8-17;1-20-15(19)13-5-10-8-17-14(18)12(10)6-11(13)9-3-2-4-16-7-9;11-9-3-1-2-8(13-9)10-14-12-6-15(10)7-4-5-7;2*1-15-10(14)7-2-5-4-12-9(13)6(5)3-8(7)11;8-6(9)5-2-1-3-7-4-5;2-1-5-8(4)7-6-3;/h2-6,9-12,14,17H,7-8,13H2,1H3;2-7H,8H2,1H3,(H,17,18);1-3,6-7H,4-5H2;2-3H,4H2,1H3,(H,12,13);2-3H,4,11H2,1H3,(H,12,13);1-4,8-9H;3H;/q;;;;;;;+1/p-1. The minimum Gasteiger partial charge on any atom is -0.691 e. The number of esters is 4. The summed E-state index contributed by atoms with van der Waals surface area (Å²) < 4.78 is 40.7. The van der Waals surface area contributed by atoms with E-state index in [1.54, 1.807) is 127 Å². The van der Waals surface area contributed by atoms with Crippen LogP contribution in [-0.4, -0.2) is 152 Å². The van der Waals surface area contributed by atoms with Gasteiger partial charge in [0.1, 0.15) is 34.5 Å². The first-order valence-corrected chi connectivity index (χ1v) is 37.1. The Morgan fingerprint density at radius 1 is 0.564 bits per heavy atom. The van der Waals surface area contributed by atoms with Crippen molar-refractivity contribution in [3.8, 4) is 45.3 Å². The molecule has 594 valence electrons. The number of hydrogen-bond acceptors (Lipinski definition) is 31. The third kappa shape index (κ3) is 21.7. The first-order valence-electron chi connectivity index (χ1n) is 34.5. The summed E-state index contributed by atoms with van der Waals surface area (Å²) in [7, 11) is 3.89. The predicted octanol–water partition coefficient (Wildman–Crippen LogP) is 3.93. The van der Waals surface area contributed by atoms with Gasteiger partial charge < -0.3 is 65.1 Å². The molecular formula is C75H65BBr2N17NaO20S. The van der Waals surface area contributed by atoms with Gasteiger partial charge in [-0.15, -0.1) is 29.6 Å². The molecule has 11 aromatic rings. The van der Waals surface area contributed by atoms with Crippen LogP contribution in [0.3, 0.4) is 0 Å². The normalized spacial score (nSPS) is 13.5. The van der Waals surface area contributed by atoms with Crippen molar-refractivity contribution in [3.05, 3.63) is 252 Å². The molecule has 4 aromatic carbocycles. The number of nitrogens with zero attached hydrogens (tertiary/aromatic N) is 13. The van der Waals surface area contributed by atoms with Gasteiger partial charge in [-0.1, -0.05) is 30.3 Å². The van der Waals surface area contributed by atoms with Gasteiger partial charge in [0.05, 0.1) is 57.2 Å². The molecule has 2 saturated carbocycles. The number of methoxy groups -OCH3 is 4. The van der Waals surface area contributed by atoms with Crippen LogP contribution in [0.1, 0.15) is 143 Å². The number of nitrogen functional groups attached to an aromatic ring is 1. The van der Waals surface area contributed by atoms with Crippen molar-refractivity contribution in [2.45, 2.75) is 63.9 Å². The molecule has 0 radical (unpaired) electrons. The number of carbonyl (C=O) groups is 8. The molecular weight excluding hydrogens is 1680 g/mol. The second-order valence-corrected chi connectivity index (χ2v) is 27.4. The summed E-state index contributed by atoms with van der Waals surface area (Å²) in [5.41, 5.74) is 17.6. The largest absolute Gasteiger partial charge is 1.00 e. The first-order chi connectivity index (χ1) is 56.1. The molecule has 6 aliphatic rings. The van der Waals surface area contributed by atoms with Crippen LogP contribution in [0.5, 0.6) is 0 Å². The van der Waals surface area contributed by atoms with Gasteiger partial charge in [-0.3, -0.25) is 44.1 Å². The van der Waals surface area contributed by atoms with E-state index in [0.717, 1.165) is 62.3 Å². The van der Waals surface area contributed by atoms with Crippen LogP contribution in [0.2, 0.25) is 0 Å². The number of rotatable bonds is 16. The molecule has 42 heteroatoms. The van der Waals surface area contributed by atoms with Gasteiger partial charge in [-0.2, -0.15) is 4.21 Å². The fourth-order valence-electron chi connectivity index (χ4n) is 11.9. The Kier molecular flexibility index (Phi) is 30.5. The summed E-state index contributed by atoms with van der Waals surface area (Å²) in [4.78, 5) is 127. The second-order valence-electron chi connectivity index (χ2n) is 25.0. The summed E-state index contributed by atoms with van der Waals surface area (Å²) in [5, 5.41) is 54.6. The zero-order valence-electron chi connectivity index (χ0n) is 62.4. The second kappa shape index (κ2) is 40.9. The van der Waals surface area contributed by atoms with E-state index in [9.17, 15) is 42.6 Å². The molecule has 37 nitrogen and oxygen atoms in total. The van der Waals surface area contributed by atoms with E-state index in [0.29, 0.717) is 121 Å². The fraction of sp³-hybridized carbons (Fsp3) is 0.187.